The fourth-order valence-corrected chi connectivity index (χ4v) is 1.60. The van der Waals surface area contributed by atoms with E-state index >= 15 is 0 Å². The van der Waals surface area contributed by atoms with Gasteiger partial charge >= 0.3 is 11.7 Å². The third kappa shape index (κ3) is 2.88. The van der Waals surface area contributed by atoms with Crippen LogP contribution in [0.3, 0.4) is 0 Å². The number of rotatable bonds is 4. The van der Waals surface area contributed by atoms with Crippen molar-refractivity contribution in [3.8, 4) is 0 Å². The van der Waals surface area contributed by atoms with E-state index < -0.39 is 17.2 Å². The summed E-state index contributed by atoms with van der Waals surface area (Å²) in [7, 11) is 1.50. The van der Waals surface area contributed by atoms with Gasteiger partial charge in [-0.2, -0.15) is 0 Å². The molecule has 0 aliphatic heterocycles. The van der Waals surface area contributed by atoms with Crippen LogP contribution in [0.15, 0.2) is 15.8 Å². The highest BCUT2D eigenvalue weighted by Gasteiger charge is 2.17. The fourth-order valence-electron chi connectivity index (χ4n) is 1.60. The molecule has 0 fully saturated rings. The molecule has 0 unspecified atom stereocenters. The summed E-state index contributed by atoms with van der Waals surface area (Å²) in [5.74, 6) is -0.566. The molecule has 0 aliphatic rings. The second kappa shape index (κ2) is 5.66. The zero-order valence-electron chi connectivity index (χ0n) is 11.1. The molecule has 0 aliphatic carbocycles. The topological polar surface area (TPSA) is 70.3 Å². The van der Waals surface area contributed by atoms with Crippen molar-refractivity contribution < 1.29 is 9.53 Å². The van der Waals surface area contributed by atoms with Crippen molar-refractivity contribution in [1.29, 1.82) is 0 Å². The first kappa shape index (κ1) is 14.2. The molecular formula is C12H18N2O4. The first-order valence-electron chi connectivity index (χ1n) is 5.86. The molecule has 0 N–H and O–H groups in total. The van der Waals surface area contributed by atoms with Crippen LogP contribution in [0.25, 0.3) is 0 Å². The Kier molecular flexibility index (Phi) is 4.47. The number of aryl methyl sites for hydroxylation is 1. The van der Waals surface area contributed by atoms with Crippen molar-refractivity contribution in [1.82, 2.24) is 9.13 Å². The highest BCUT2D eigenvalue weighted by Crippen LogP contribution is 1.97. The molecule has 18 heavy (non-hydrogen) atoms. The molecule has 1 aromatic heterocycles. The minimum Gasteiger partial charge on any atom is -0.462 e. The van der Waals surface area contributed by atoms with Crippen LogP contribution in [0, 0.1) is 5.92 Å². The lowest BCUT2D eigenvalue weighted by atomic mass is 10.2. The third-order valence-electron chi connectivity index (χ3n) is 2.37. The van der Waals surface area contributed by atoms with Crippen molar-refractivity contribution in [2.45, 2.75) is 27.3 Å². The van der Waals surface area contributed by atoms with Crippen LogP contribution in [-0.4, -0.2) is 21.7 Å². The molecule has 0 atom stereocenters. The number of nitrogens with zero attached hydrogens (tertiary/aromatic N) is 2. The van der Waals surface area contributed by atoms with Gasteiger partial charge in [-0.3, -0.25) is 9.36 Å². The first-order chi connectivity index (χ1) is 8.38. The molecule has 6 nitrogen and oxygen atoms in total. The second-order valence-corrected chi connectivity index (χ2v) is 4.47. The van der Waals surface area contributed by atoms with Crippen molar-refractivity contribution in [2.24, 2.45) is 13.0 Å². The molecule has 1 heterocycles. The van der Waals surface area contributed by atoms with E-state index in [-0.39, 0.29) is 24.6 Å². The normalized spacial score (nSPS) is 10.7. The summed E-state index contributed by atoms with van der Waals surface area (Å²) in [5.41, 5.74) is -1.13. The maximum Gasteiger partial charge on any atom is 0.345 e. The lowest BCUT2D eigenvalue weighted by Gasteiger charge is -2.11. The molecule has 0 saturated carbocycles. The maximum atomic E-state index is 12.0. The van der Waals surface area contributed by atoms with Gasteiger partial charge in [0.2, 0.25) is 0 Å². The molecule has 0 bridgehead atoms. The summed E-state index contributed by atoms with van der Waals surface area (Å²) in [4.78, 5) is 35.5. The smallest absolute Gasteiger partial charge is 0.345 e. The van der Waals surface area contributed by atoms with Gasteiger partial charge in [-0.05, 0) is 12.8 Å². The van der Waals surface area contributed by atoms with E-state index in [0.717, 1.165) is 4.57 Å². The molecule has 1 rings (SSSR count). The van der Waals surface area contributed by atoms with E-state index in [9.17, 15) is 14.4 Å². The van der Waals surface area contributed by atoms with Gasteiger partial charge in [-0.15, -0.1) is 0 Å². The Balaban J connectivity index is 3.40. The standard InChI is InChI=1S/C12H18N2O4/c1-5-18-11(16)9-7-13(4)12(17)14(10(9)15)6-8(2)3/h7-8H,5-6H2,1-4H3. The average Bonchev–Trinajstić information content (AvgIpc) is 2.29. The summed E-state index contributed by atoms with van der Waals surface area (Å²) in [5, 5.41) is 0. The van der Waals surface area contributed by atoms with E-state index in [1.54, 1.807) is 6.92 Å². The van der Waals surface area contributed by atoms with Crippen LogP contribution in [0.5, 0.6) is 0 Å². The highest BCUT2D eigenvalue weighted by atomic mass is 16.5. The lowest BCUT2D eigenvalue weighted by Crippen LogP contribution is -2.42. The quantitative estimate of drug-likeness (QED) is 0.728. The Hall–Kier alpha value is -1.85. The van der Waals surface area contributed by atoms with E-state index in [2.05, 4.69) is 0 Å². The molecule has 0 amide bonds. The Morgan fingerprint density at radius 2 is 2.00 bits per heavy atom. The van der Waals surface area contributed by atoms with Crippen molar-refractivity contribution in [2.75, 3.05) is 6.61 Å². The number of esters is 1. The Bertz CT molecular complexity index is 554. The minimum absolute atomic E-state index is 0.111. The molecule has 0 spiro atoms. The number of aromatic nitrogens is 2. The Morgan fingerprint density at radius 1 is 1.39 bits per heavy atom. The van der Waals surface area contributed by atoms with Gasteiger partial charge in [0.25, 0.3) is 5.56 Å². The molecule has 0 aromatic carbocycles. The van der Waals surface area contributed by atoms with Crippen molar-refractivity contribution >= 4 is 5.97 Å². The number of hydrogen-bond acceptors (Lipinski definition) is 4. The number of hydrogen-bond donors (Lipinski definition) is 0. The average molecular weight is 254 g/mol. The summed E-state index contributed by atoms with van der Waals surface area (Å²) >= 11 is 0. The molecule has 6 heteroatoms. The minimum atomic E-state index is -0.699. The summed E-state index contributed by atoms with van der Waals surface area (Å²) in [6, 6.07) is 0. The van der Waals surface area contributed by atoms with Crippen LogP contribution >= 0.6 is 0 Å². The second-order valence-electron chi connectivity index (χ2n) is 4.47. The van der Waals surface area contributed by atoms with Gasteiger partial charge in [0.15, 0.2) is 0 Å². The Morgan fingerprint density at radius 3 is 2.50 bits per heavy atom. The molecule has 100 valence electrons. The van der Waals surface area contributed by atoms with Crippen LogP contribution in [0.1, 0.15) is 31.1 Å². The first-order valence-corrected chi connectivity index (χ1v) is 5.86. The summed E-state index contributed by atoms with van der Waals surface area (Å²) < 4.78 is 7.08. The fraction of sp³-hybridized carbons (Fsp3) is 0.583. The van der Waals surface area contributed by atoms with Crippen molar-refractivity contribution in [3.05, 3.63) is 32.6 Å². The van der Waals surface area contributed by atoms with Crippen molar-refractivity contribution in [3.63, 3.8) is 0 Å². The SMILES string of the molecule is CCOC(=O)c1cn(C)c(=O)n(CC(C)C)c1=O. The maximum absolute atomic E-state index is 12.0. The number of carbonyl (C=O) groups excluding carboxylic acids is 1. The number of carbonyl (C=O) groups is 1. The number of ether oxygens (including phenoxy) is 1. The van der Waals surface area contributed by atoms with Gasteiger partial charge in [-0.25, -0.2) is 9.59 Å². The van der Waals surface area contributed by atoms with E-state index in [1.807, 2.05) is 13.8 Å². The summed E-state index contributed by atoms with van der Waals surface area (Å²) in [6.45, 7) is 5.91. The largest absolute Gasteiger partial charge is 0.462 e. The molecular weight excluding hydrogens is 236 g/mol. The van der Waals surface area contributed by atoms with Gasteiger partial charge in [0, 0.05) is 19.8 Å². The van der Waals surface area contributed by atoms with Gasteiger partial charge in [-0.1, -0.05) is 13.8 Å². The zero-order valence-corrected chi connectivity index (χ0v) is 11.1. The van der Waals surface area contributed by atoms with Crippen LogP contribution in [0.2, 0.25) is 0 Å². The molecule has 0 radical (unpaired) electrons. The van der Waals surface area contributed by atoms with E-state index in [4.69, 9.17) is 4.74 Å². The van der Waals surface area contributed by atoms with Crippen LogP contribution < -0.4 is 11.2 Å². The van der Waals surface area contributed by atoms with E-state index in [1.165, 1.54) is 17.8 Å². The molecule has 1 aromatic rings. The molecule has 0 saturated heterocycles. The predicted molar refractivity (Wildman–Crippen MR) is 66.7 cm³/mol. The van der Waals surface area contributed by atoms with Gasteiger partial charge in [0.05, 0.1) is 6.61 Å². The van der Waals surface area contributed by atoms with E-state index in [0.29, 0.717) is 0 Å². The van der Waals surface area contributed by atoms with Crippen LogP contribution in [-0.2, 0) is 18.3 Å². The lowest BCUT2D eigenvalue weighted by molar-refractivity contribution is 0.0522. The predicted octanol–water partition coefficient (Wildman–Crippen LogP) is 0.380. The summed E-state index contributed by atoms with van der Waals surface area (Å²) in [6.07, 6.45) is 1.22. The monoisotopic (exact) mass is 254 g/mol. The van der Waals surface area contributed by atoms with Crippen LogP contribution in [0.4, 0.5) is 0 Å². The highest BCUT2D eigenvalue weighted by molar-refractivity contribution is 5.88. The third-order valence-corrected chi connectivity index (χ3v) is 2.37. The Labute approximate surface area is 105 Å². The zero-order chi connectivity index (χ0) is 13.9. The van der Waals surface area contributed by atoms with Gasteiger partial charge < -0.3 is 9.30 Å². The van der Waals surface area contributed by atoms with Gasteiger partial charge in [0.1, 0.15) is 5.56 Å².